The Morgan fingerprint density at radius 3 is 3.04 bits per heavy atom. The van der Waals surface area contributed by atoms with E-state index in [9.17, 15) is 4.79 Å². The number of pyridine rings is 2. The van der Waals surface area contributed by atoms with Crippen LogP contribution in [-0.4, -0.2) is 28.5 Å². The molecule has 23 heavy (non-hydrogen) atoms. The lowest BCUT2D eigenvalue weighted by Gasteiger charge is -2.18. The fourth-order valence-electron chi connectivity index (χ4n) is 3.28. The number of hydrogen-bond donors (Lipinski definition) is 2. The van der Waals surface area contributed by atoms with E-state index in [0.717, 1.165) is 53.8 Å². The summed E-state index contributed by atoms with van der Waals surface area (Å²) in [5, 5.41) is 6.38. The Hall–Kier alpha value is -1.95. The van der Waals surface area contributed by atoms with Crippen LogP contribution in [0.3, 0.4) is 0 Å². The zero-order valence-corrected chi connectivity index (χ0v) is 14.2. The molecule has 5 nitrogen and oxygen atoms in total. The first kappa shape index (κ1) is 14.6. The number of nitrogens with zero attached hydrogens (tertiary/aromatic N) is 2. The molecule has 1 unspecified atom stereocenters. The van der Waals surface area contributed by atoms with Crippen molar-refractivity contribution in [3.8, 4) is 0 Å². The Balaban J connectivity index is 1.47. The number of carbonyl (C=O) groups excluding carboxylic acids is 1. The van der Waals surface area contributed by atoms with E-state index in [1.54, 1.807) is 6.20 Å². The van der Waals surface area contributed by atoms with Gasteiger partial charge < -0.3 is 10.6 Å². The van der Waals surface area contributed by atoms with E-state index >= 15 is 0 Å². The highest BCUT2D eigenvalue weighted by atomic mass is 79.9. The Labute approximate surface area is 143 Å². The molecule has 3 heterocycles. The molecule has 2 N–H and O–H groups in total. The van der Waals surface area contributed by atoms with Crippen molar-refractivity contribution in [2.24, 2.45) is 0 Å². The summed E-state index contributed by atoms with van der Waals surface area (Å²) in [6.07, 6.45) is 7.13. The monoisotopic (exact) mass is 372 g/mol. The van der Waals surface area contributed by atoms with E-state index in [0.29, 0.717) is 5.56 Å². The predicted molar refractivity (Wildman–Crippen MR) is 91.6 cm³/mol. The molecule has 2 aromatic heterocycles. The van der Waals surface area contributed by atoms with Gasteiger partial charge in [0.1, 0.15) is 5.82 Å². The number of rotatable bonds is 2. The maximum absolute atomic E-state index is 12.5. The summed E-state index contributed by atoms with van der Waals surface area (Å²) in [4.78, 5) is 21.3. The molecule has 0 saturated heterocycles. The highest BCUT2D eigenvalue weighted by Gasteiger charge is 2.25. The third-order valence-electron chi connectivity index (χ3n) is 4.41. The Bertz CT molecular complexity index is 777. The van der Waals surface area contributed by atoms with Crippen molar-refractivity contribution in [2.75, 3.05) is 11.9 Å². The third-order valence-corrected chi connectivity index (χ3v) is 4.85. The van der Waals surface area contributed by atoms with E-state index in [2.05, 4.69) is 42.6 Å². The van der Waals surface area contributed by atoms with Gasteiger partial charge in [0, 0.05) is 41.6 Å². The van der Waals surface area contributed by atoms with Crippen LogP contribution < -0.4 is 10.6 Å². The van der Waals surface area contributed by atoms with Crippen molar-refractivity contribution in [1.82, 2.24) is 15.3 Å². The fraction of sp³-hybridized carbons (Fsp3) is 0.353. The summed E-state index contributed by atoms with van der Waals surface area (Å²) in [6, 6.07) is 4.15. The molecule has 1 atom stereocenters. The molecule has 118 valence electrons. The molecule has 2 aliphatic rings. The molecular formula is C17H17BrN4O. The van der Waals surface area contributed by atoms with E-state index in [4.69, 9.17) is 0 Å². The average molecular weight is 373 g/mol. The van der Waals surface area contributed by atoms with Gasteiger partial charge in [-0.1, -0.05) is 0 Å². The molecule has 0 bridgehead atoms. The quantitative estimate of drug-likeness (QED) is 0.849. The summed E-state index contributed by atoms with van der Waals surface area (Å²) in [6.45, 7) is 0.953. The van der Waals surface area contributed by atoms with Crippen molar-refractivity contribution >= 4 is 27.7 Å². The van der Waals surface area contributed by atoms with Gasteiger partial charge in [0.15, 0.2) is 0 Å². The van der Waals surface area contributed by atoms with Crippen LogP contribution in [0.4, 0.5) is 5.82 Å². The van der Waals surface area contributed by atoms with Gasteiger partial charge in [-0.2, -0.15) is 0 Å². The van der Waals surface area contributed by atoms with Gasteiger partial charge in [-0.05, 0) is 58.5 Å². The van der Waals surface area contributed by atoms with Crippen LogP contribution in [0.25, 0.3) is 0 Å². The first-order chi connectivity index (χ1) is 11.2. The molecular weight excluding hydrogens is 356 g/mol. The highest BCUT2D eigenvalue weighted by molar-refractivity contribution is 9.10. The van der Waals surface area contributed by atoms with Crippen molar-refractivity contribution < 1.29 is 4.79 Å². The molecule has 0 spiro atoms. The Morgan fingerprint density at radius 1 is 1.22 bits per heavy atom. The zero-order chi connectivity index (χ0) is 15.8. The molecule has 1 aliphatic heterocycles. The maximum atomic E-state index is 12.5. The van der Waals surface area contributed by atoms with Crippen molar-refractivity contribution in [1.29, 1.82) is 0 Å². The normalized spacial score (nSPS) is 18.7. The molecule has 1 aliphatic carbocycles. The number of amides is 1. The molecule has 6 heteroatoms. The van der Waals surface area contributed by atoms with Crippen LogP contribution in [0.5, 0.6) is 0 Å². The number of carbonyl (C=O) groups is 1. The summed E-state index contributed by atoms with van der Waals surface area (Å²) < 4.78 is 0.981. The van der Waals surface area contributed by atoms with Gasteiger partial charge in [0.2, 0.25) is 0 Å². The zero-order valence-electron chi connectivity index (χ0n) is 12.6. The highest BCUT2D eigenvalue weighted by Crippen LogP contribution is 2.24. The van der Waals surface area contributed by atoms with Crippen LogP contribution >= 0.6 is 15.9 Å². The van der Waals surface area contributed by atoms with Gasteiger partial charge in [-0.3, -0.25) is 9.78 Å². The Morgan fingerprint density at radius 2 is 2.13 bits per heavy atom. The van der Waals surface area contributed by atoms with Gasteiger partial charge in [0.05, 0.1) is 5.56 Å². The minimum atomic E-state index is -0.0530. The minimum absolute atomic E-state index is 0.0530. The molecule has 4 rings (SSSR count). The second-order valence-electron chi connectivity index (χ2n) is 6.10. The second-order valence-corrected chi connectivity index (χ2v) is 7.02. The summed E-state index contributed by atoms with van der Waals surface area (Å²) >= 11 is 3.44. The lowest BCUT2D eigenvalue weighted by molar-refractivity contribution is 0.0938. The first-order valence-electron chi connectivity index (χ1n) is 7.86. The van der Waals surface area contributed by atoms with E-state index in [-0.39, 0.29) is 11.9 Å². The summed E-state index contributed by atoms with van der Waals surface area (Å²) in [5.74, 6) is 0.859. The minimum Gasteiger partial charge on any atom is -0.370 e. The molecule has 0 saturated carbocycles. The van der Waals surface area contributed by atoms with Gasteiger partial charge >= 0.3 is 0 Å². The molecule has 0 fully saturated rings. The van der Waals surface area contributed by atoms with Crippen molar-refractivity contribution in [2.45, 2.75) is 31.7 Å². The summed E-state index contributed by atoms with van der Waals surface area (Å²) in [7, 11) is 0. The number of aromatic nitrogens is 2. The number of fused-ring (bicyclic) bond motifs is 2. The summed E-state index contributed by atoms with van der Waals surface area (Å²) in [5.41, 5.74) is 4.05. The Kier molecular flexibility index (Phi) is 3.77. The fourth-order valence-corrected chi connectivity index (χ4v) is 3.66. The van der Waals surface area contributed by atoms with E-state index in [1.165, 1.54) is 5.56 Å². The average Bonchev–Trinajstić information content (AvgIpc) is 2.95. The predicted octanol–water partition coefficient (Wildman–Crippen LogP) is 2.49. The molecule has 0 radical (unpaired) electrons. The number of anilines is 1. The smallest absolute Gasteiger partial charge is 0.253 e. The van der Waals surface area contributed by atoms with Gasteiger partial charge in [-0.15, -0.1) is 0 Å². The van der Waals surface area contributed by atoms with Crippen LogP contribution in [0.2, 0.25) is 0 Å². The van der Waals surface area contributed by atoms with Crippen molar-refractivity contribution in [3.63, 3.8) is 0 Å². The maximum Gasteiger partial charge on any atom is 0.253 e. The van der Waals surface area contributed by atoms with Crippen molar-refractivity contribution in [3.05, 3.63) is 51.4 Å². The van der Waals surface area contributed by atoms with Crippen LogP contribution in [0, 0.1) is 0 Å². The number of aryl methyl sites for hydroxylation is 1. The lowest BCUT2D eigenvalue weighted by Crippen LogP contribution is -2.35. The molecule has 0 aromatic carbocycles. The van der Waals surface area contributed by atoms with Gasteiger partial charge in [0.25, 0.3) is 5.91 Å². The largest absolute Gasteiger partial charge is 0.370 e. The third kappa shape index (κ3) is 2.95. The first-order valence-corrected chi connectivity index (χ1v) is 8.65. The van der Waals surface area contributed by atoms with E-state index < -0.39 is 0 Å². The van der Waals surface area contributed by atoms with E-state index in [1.807, 2.05) is 12.3 Å². The van der Waals surface area contributed by atoms with Crippen LogP contribution in [0.1, 0.15) is 33.6 Å². The van der Waals surface area contributed by atoms with Gasteiger partial charge in [-0.25, -0.2) is 4.98 Å². The van der Waals surface area contributed by atoms with Crippen LogP contribution in [-0.2, 0) is 19.3 Å². The SMILES string of the molecule is O=C(NC1Cc2cc(Br)cnc2C1)c1cnc2c(c1)CCCN2. The van der Waals surface area contributed by atoms with Crippen LogP contribution in [0.15, 0.2) is 29.0 Å². The lowest BCUT2D eigenvalue weighted by atomic mass is 10.0. The topological polar surface area (TPSA) is 66.9 Å². The number of nitrogens with one attached hydrogen (secondary N) is 2. The number of hydrogen-bond acceptors (Lipinski definition) is 4. The second kappa shape index (κ2) is 5.92. The standard InChI is InChI=1S/C17H17BrN4O/c18-13-5-11-6-14(7-15(11)20-9-13)22-17(23)12-4-10-2-1-3-19-16(10)21-8-12/h4-5,8-9,14H,1-3,6-7H2,(H,19,21)(H,22,23). The molecule has 1 amide bonds. The number of halogens is 1. The molecule has 2 aromatic rings.